The highest BCUT2D eigenvalue weighted by Crippen LogP contribution is 2.31. The molecule has 0 unspecified atom stereocenters. The van der Waals surface area contributed by atoms with Crippen LogP contribution in [0.5, 0.6) is 5.75 Å². The number of halogens is 1. The number of nitrogens with one attached hydrogen (secondary N) is 2. The predicted molar refractivity (Wildman–Crippen MR) is 148 cm³/mol. The molecule has 2 aromatic rings. The first-order valence-corrected chi connectivity index (χ1v) is 12.1. The summed E-state index contributed by atoms with van der Waals surface area (Å²) >= 11 is 0. The Hall–Kier alpha value is -2.33. The number of ether oxygens (including phenoxy) is 1. The van der Waals surface area contributed by atoms with E-state index >= 15 is 0 Å². The van der Waals surface area contributed by atoms with E-state index in [1.165, 1.54) is 37.1 Å². The maximum absolute atomic E-state index is 12.3. The third kappa shape index (κ3) is 7.33. The Labute approximate surface area is 220 Å². The quantitative estimate of drug-likeness (QED) is 0.206. The Morgan fingerprint density at radius 1 is 1.03 bits per heavy atom. The van der Waals surface area contributed by atoms with Crippen LogP contribution in [0.3, 0.4) is 0 Å². The molecule has 1 saturated heterocycles. The third-order valence-corrected chi connectivity index (χ3v) is 6.05. The average Bonchev–Trinajstić information content (AvgIpc) is 3.35. The van der Waals surface area contributed by atoms with Crippen LogP contribution in [0.4, 0.5) is 5.69 Å². The molecular weight excluding hydrogens is 541 g/mol. The van der Waals surface area contributed by atoms with Crippen molar-refractivity contribution in [3.05, 3.63) is 59.7 Å². The number of likely N-dealkylation sites (tertiary alicyclic amines) is 1. The number of rotatable bonds is 9. The molecule has 2 aromatic carbocycles. The van der Waals surface area contributed by atoms with Gasteiger partial charge >= 0.3 is 0 Å². The molecule has 2 aliphatic heterocycles. The van der Waals surface area contributed by atoms with Gasteiger partial charge in [-0.2, -0.15) is 0 Å². The maximum Gasteiger partial charge on any atom is 0.265 e. The topological polar surface area (TPSA) is 69.2 Å². The first-order chi connectivity index (χ1) is 16.2. The van der Waals surface area contributed by atoms with Crippen molar-refractivity contribution in [3.8, 4) is 5.75 Å². The highest BCUT2D eigenvalue weighted by Gasteiger charge is 2.24. The SMILES string of the molecule is CCNC(=NCc1ccc(CN2CCCC2)cc1)NCCCN1C(=O)COc2ccccc21.I. The van der Waals surface area contributed by atoms with Gasteiger partial charge < -0.3 is 20.3 Å². The van der Waals surface area contributed by atoms with E-state index in [1.807, 2.05) is 29.2 Å². The minimum Gasteiger partial charge on any atom is -0.482 e. The van der Waals surface area contributed by atoms with Gasteiger partial charge in [0.1, 0.15) is 5.75 Å². The molecular formula is C26H36IN5O2. The number of aliphatic imine (C=N–C) groups is 1. The Morgan fingerprint density at radius 3 is 2.53 bits per heavy atom. The van der Waals surface area contributed by atoms with Gasteiger partial charge in [-0.1, -0.05) is 36.4 Å². The molecule has 1 fully saturated rings. The van der Waals surface area contributed by atoms with Gasteiger partial charge in [-0.3, -0.25) is 9.69 Å². The average molecular weight is 578 g/mol. The summed E-state index contributed by atoms with van der Waals surface area (Å²) in [6.45, 7) is 8.46. The molecule has 1 amide bonds. The van der Waals surface area contributed by atoms with Crippen LogP contribution < -0.4 is 20.3 Å². The number of amides is 1. The largest absolute Gasteiger partial charge is 0.482 e. The lowest BCUT2D eigenvalue weighted by molar-refractivity contribution is -0.121. The molecule has 0 aromatic heterocycles. The van der Waals surface area contributed by atoms with Crippen LogP contribution in [0.2, 0.25) is 0 Å². The van der Waals surface area contributed by atoms with Crippen LogP contribution in [-0.2, 0) is 17.9 Å². The van der Waals surface area contributed by atoms with Gasteiger partial charge in [0.2, 0.25) is 0 Å². The highest BCUT2D eigenvalue weighted by atomic mass is 127. The van der Waals surface area contributed by atoms with Crippen molar-refractivity contribution in [2.24, 2.45) is 4.99 Å². The van der Waals surface area contributed by atoms with Gasteiger partial charge in [0.25, 0.3) is 5.91 Å². The molecule has 34 heavy (non-hydrogen) atoms. The van der Waals surface area contributed by atoms with E-state index in [2.05, 4.69) is 46.7 Å². The number of benzene rings is 2. The summed E-state index contributed by atoms with van der Waals surface area (Å²) in [4.78, 5) is 21.4. The van der Waals surface area contributed by atoms with Gasteiger partial charge in [-0.15, -0.1) is 24.0 Å². The van der Waals surface area contributed by atoms with E-state index in [4.69, 9.17) is 9.73 Å². The molecule has 0 spiro atoms. The molecule has 0 atom stereocenters. The summed E-state index contributed by atoms with van der Waals surface area (Å²) in [6, 6.07) is 16.5. The van der Waals surface area contributed by atoms with Crippen molar-refractivity contribution in [3.63, 3.8) is 0 Å². The molecule has 2 heterocycles. The second kappa shape index (κ2) is 13.5. The number of anilines is 1. The smallest absolute Gasteiger partial charge is 0.265 e. The normalized spacial score (nSPS) is 16.0. The number of hydrogen-bond acceptors (Lipinski definition) is 4. The molecule has 0 bridgehead atoms. The summed E-state index contributed by atoms with van der Waals surface area (Å²) in [5.41, 5.74) is 3.42. The highest BCUT2D eigenvalue weighted by molar-refractivity contribution is 14.0. The molecule has 0 aliphatic carbocycles. The first kappa shape index (κ1) is 26.3. The number of guanidine groups is 1. The summed E-state index contributed by atoms with van der Waals surface area (Å²) in [5.74, 6) is 1.57. The zero-order valence-electron chi connectivity index (χ0n) is 20.0. The van der Waals surface area contributed by atoms with Crippen LogP contribution >= 0.6 is 24.0 Å². The molecule has 4 rings (SSSR count). The summed E-state index contributed by atoms with van der Waals surface area (Å²) in [7, 11) is 0. The fourth-order valence-electron chi connectivity index (χ4n) is 4.30. The van der Waals surface area contributed by atoms with E-state index in [9.17, 15) is 4.79 Å². The van der Waals surface area contributed by atoms with Crippen LogP contribution in [0, 0.1) is 0 Å². The third-order valence-electron chi connectivity index (χ3n) is 6.05. The Morgan fingerprint density at radius 2 is 1.76 bits per heavy atom. The van der Waals surface area contributed by atoms with Crippen LogP contribution in [0.15, 0.2) is 53.5 Å². The monoisotopic (exact) mass is 577 g/mol. The zero-order valence-corrected chi connectivity index (χ0v) is 22.3. The Kier molecular flexibility index (Phi) is 10.5. The minimum absolute atomic E-state index is 0. The summed E-state index contributed by atoms with van der Waals surface area (Å²) in [6.07, 6.45) is 3.46. The van der Waals surface area contributed by atoms with E-state index in [1.54, 1.807) is 0 Å². The fraction of sp³-hybridized carbons (Fsp3) is 0.462. The van der Waals surface area contributed by atoms with Gasteiger partial charge in [-0.25, -0.2) is 4.99 Å². The standard InChI is InChI=1S/C26H35N5O2.HI/c1-2-27-26(29-18-21-10-12-22(13-11-21)19-30-15-5-6-16-30)28-14-7-17-31-23-8-3-4-9-24(23)33-20-25(31)32;/h3-4,8-13H,2,5-7,14-20H2,1H3,(H2,27,28,29);1H. The van der Waals surface area contributed by atoms with E-state index in [-0.39, 0.29) is 36.5 Å². The molecule has 2 aliphatic rings. The minimum atomic E-state index is 0. The van der Waals surface area contributed by atoms with Crippen LogP contribution in [-0.4, -0.2) is 56.1 Å². The Bertz CT molecular complexity index is 944. The maximum atomic E-state index is 12.3. The lowest BCUT2D eigenvalue weighted by Crippen LogP contribution is -2.42. The van der Waals surface area contributed by atoms with Crippen LogP contribution in [0.25, 0.3) is 0 Å². The van der Waals surface area contributed by atoms with Crippen molar-refractivity contribution in [1.82, 2.24) is 15.5 Å². The van der Waals surface area contributed by atoms with Crippen molar-refractivity contribution in [2.45, 2.75) is 39.3 Å². The fourth-order valence-corrected chi connectivity index (χ4v) is 4.30. The second-order valence-corrected chi connectivity index (χ2v) is 8.58. The molecule has 8 heteroatoms. The van der Waals surface area contributed by atoms with Gasteiger partial charge in [0.15, 0.2) is 12.6 Å². The first-order valence-electron chi connectivity index (χ1n) is 12.1. The van der Waals surface area contributed by atoms with E-state index < -0.39 is 0 Å². The lowest BCUT2D eigenvalue weighted by atomic mass is 10.1. The zero-order chi connectivity index (χ0) is 22.9. The number of para-hydroxylation sites is 2. The molecule has 7 nitrogen and oxygen atoms in total. The molecule has 2 N–H and O–H groups in total. The lowest BCUT2D eigenvalue weighted by Gasteiger charge is -2.29. The van der Waals surface area contributed by atoms with Crippen molar-refractivity contribution < 1.29 is 9.53 Å². The van der Waals surface area contributed by atoms with Gasteiger partial charge in [-0.05, 0) is 62.5 Å². The number of carbonyl (C=O) groups is 1. The summed E-state index contributed by atoms with van der Waals surface area (Å²) in [5, 5.41) is 6.70. The molecule has 184 valence electrons. The number of nitrogens with zero attached hydrogens (tertiary/aromatic N) is 3. The summed E-state index contributed by atoms with van der Waals surface area (Å²) < 4.78 is 5.52. The van der Waals surface area contributed by atoms with Crippen LogP contribution in [0.1, 0.15) is 37.3 Å². The van der Waals surface area contributed by atoms with Crippen molar-refractivity contribution in [1.29, 1.82) is 0 Å². The number of hydrogen-bond donors (Lipinski definition) is 2. The second-order valence-electron chi connectivity index (χ2n) is 8.58. The molecule has 0 saturated carbocycles. The van der Waals surface area contributed by atoms with Crippen molar-refractivity contribution >= 4 is 41.5 Å². The number of fused-ring (bicyclic) bond motifs is 1. The number of carbonyl (C=O) groups excluding carboxylic acids is 1. The van der Waals surface area contributed by atoms with Gasteiger partial charge in [0, 0.05) is 26.2 Å². The van der Waals surface area contributed by atoms with Gasteiger partial charge in [0.05, 0.1) is 12.2 Å². The van der Waals surface area contributed by atoms with E-state index in [0.717, 1.165) is 43.5 Å². The van der Waals surface area contributed by atoms with Crippen molar-refractivity contribution in [2.75, 3.05) is 44.2 Å². The molecule has 0 radical (unpaired) electrons. The Balaban J connectivity index is 0.00000324. The predicted octanol–water partition coefficient (Wildman–Crippen LogP) is 3.77. The van der Waals surface area contributed by atoms with E-state index in [0.29, 0.717) is 13.1 Å².